The van der Waals surface area contributed by atoms with Gasteiger partial charge in [0, 0.05) is 30.4 Å². The van der Waals surface area contributed by atoms with Gasteiger partial charge in [-0.25, -0.2) is 22.9 Å². The summed E-state index contributed by atoms with van der Waals surface area (Å²) >= 11 is 0. The van der Waals surface area contributed by atoms with E-state index < -0.39 is 33.6 Å². The first-order chi connectivity index (χ1) is 13.4. The highest BCUT2D eigenvalue weighted by Gasteiger charge is 2.31. The van der Waals surface area contributed by atoms with Crippen LogP contribution in [0.2, 0.25) is 0 Å². The van der Waals surface area contributed by atoms with Crippen LogP contribution in [0.1, 0.15) is 16.8 Å². The van der Waals surface area contributed by atoms with Gasteiger partial charge >= 0.3 is 12.3 Å². The van der Waals surface area contributed by atoms with Crippen LogP contribution in [0.4, 0.5) is 18.0 Å². The molecule has 0 aliphatic heterocycles. The Hall–Kier alpha value is -3.09. The maximum Gasteiger partial charge on any atom is 0.418 e. The number of sulfonamides is 1. The van der Waals surface area contributed by atoms with E-state index in [1.54, 1.807) is 14.0 Å². The largest absolute Gasteiger partial charge is 0.464 e. The summed E-state index contributed by atoms with van der Waals surface area (Å²) in [7, 11) is -2.47. The van der Waals surface area contributed by atoms with Crippen LogP contribution in [0.5, 0.6) is 0 Å². The summed E-state index contributed by atoms with van der Waals surface area (Å²) in [5.74, 6) is -0.0840. The lowest BCUT2D eigenvalue weighted by Gasteiger charge is -2.11. The van der Waals surface area contributed by atoms with Crippen molar-refractivity contribution >= 4 is 27.1 Å². The van der Waals surface area contributed by atoms with Crippen LogP contribution in [0.15, 0.2) is 24.5 Å². The number of aromatic nitrogens is 4. The highest BCUT2D eigenvalue weighted by atomic mass is 32.2. The second-order valence-electron chi connectivity index (χ2n) is 6.31. The number of nitrogens with zero attached hydrogens (tertiary/aromatic N) is 4. The summed E-state index contributed by atoms with van der Waals surface area (Å²) in [6.45, 7) is 1.65. The third-order valence-electron chi connectivity index (χ3n) is 4.26. The fourth-order valence-corrected chi connectivity index (χ4v) is 3.90. The van der Waals surface area contributed by atoms with Crippen LogP contribution in [0.3, 0.4) is 0 Å². The number of rotatable bonds is 5. The van der Waals surface area contributed by atoms with E-state index in [1.165, 1.54) is 26.2 Å². The first-order valence-electron chi connectivity index (χ1n) is 8.19. The van der Waals surface area contributed by atoms with Gasteiger partial charge in [-0.3, -0.25) is 9.25 Å². The zero-order valence-electron chi connectivity index (χ0n) is 15.2. The zero-order valence-corrected chi connectivity index (χ0v) is 16.0. The molecule has 156 valence electrons. The van der Waals surface area contributed by atoms with Crippen LogP contribution in [-0.4, -0.2) is 44.7 Å². The van der Waals surface area contributed by atoms with Crippen molar-refractivity contribution < 1.29 is 31.5 Å². The van der Waals surface area contributed by atoms with E-state index in [4.69, 9.17) is 5.11 Å². The molecule has 3 rings (SSSR count). The van der Waals surface area contributed by atoms with E-state index in [9.17, 15) is 26.4 Å². The first kappa shape index (κ1) is 20.6. The standard InChI is InChI=1S/C16H16F3N5O4S/c1-9-12(4-6-29(27,28)22-15(25)26)14(23(2)21-9)24-5-3-10-7-11(16(17,18)19)8-20-13(10)24/h3,5,7-8,22H,4,6H2,1-2H3,(H,25,26). The van der Waals surface area contributed by atoms with Crippen molar-refractivity contribution in [3.63, 3.8) is 0 Å². The Morgan fingerprint density at radius 2 is 2.03 bits per heavy atom. The summed E-state index contributed by atoms with van der Waals surface area (Å²) in [4.78, 5) is 14.5. The van der Waals surface area contributed by atoms with Crippen molar-refractivity contribution in [3.05, 3.63) is 41.3 Å². The number of carboxylic acid groups (broad SMARTS) is 1. The molecule has 0 aromatic carbocycles. The lowest BCUT2D eigenvalue weighted by molar-refractivity contribution is -0.137. The molecular formula is C16H16F3N5O4S. The van der Waals surface area contributed by atoms with Crippen LogP contribution in [-0.2, 0) is 29.7 Å². The van der Waals surface area contributed by atoms with Gasteiger partial charge in [0.25, 0.3) is 0 Å². The SMILES string of the molecule is Cc1nn(C)c(-n2ccc3cc(C(F)(F)F)cnc32)c1CCS(=O)(=O)NC(=O)O. The van der Waals surface area contributed by atoms with Gasteiger partial charge in [0.1, 0.15) is 11.5 Å². The minimum atomic E-state index is -4.52. The Morgan fingerprint density at radius 1 is 1.34 bits per heavy atom. The van der Waals surface area contributed by atoms with E-state index in [1.807, 2.05) is 0 Å². The molecule has 0 saturated heterocycles. The highest BCUT2D eigenvalue weighted by molar-refractivity contribution is 7.90. The number of halogens is 3. The minimum absolute atomic E-state index is 0.0576. The van der Waals surface area contributed by atoms with Crippen molar-refractivity contribution in [2.24, 2.45) is 7.05 Å². The second-order valence-corrected chi connectivity index (χ2v) is 8.15. The molecule has 0 aliphatic rings. The van der Waals surface area contributed by atoms with Crippen LogP contribution in [0.25, 0.3) is 16.9 Å². The van der Waals surface area contributed by atoms with E-state index in [0.29, 0.717) is 17.1 Å². The number of amides is 1. The number of hydrogen-bond donors (Lipinski definition) is 2. The lowest BCUT2D eigenvalue weighted by atomic mass is 10.2. The quantitative estimate of drug-likeness (QED) is 0.639. The van der Waals surface area contributed by atoms with Crippen LogP contribution < -0.4 is 4.72 Å². The predicted molar refractivity (Wildman–Crippen MR) is 96.2 cm³/mol. The predicted octanol–water partition coefficient (Wildman–Crippen LogP) is 2.23. The number of nitrogens with one attached hydrogen (secondary N) is 1. The van der Waals surface area contributed by atoms with Gasteiger partial charge < -0.3 is 5.11 Å². The van der Waals surface area contributed by atoms with Crippen molar-refractivity contribution in [1.29, 1.82) is 0 Å². The van der Waals surface area contributed by atoms with Crippen molar-refractivity contribution in [3.8, 4) is 5.82 Å². The van der Waals surface area contributed by atoms with E-state index in [2.05, 4.69) is 10.1 Å². The Morgan fingerprint density at radius 3 is 2.66 bits per heavy atom. The molecule has 0 unspecified atom stereocenters. The van der Waals surface area contributed by atoms with Crippen molar-refractivity contribution in [1.82, 2.24) is 24.1 Å². The smallest absolute Gasteiger partial charge is 0.418 e. The molecule has 0 spiro atoms. The molecule has 3 aromatic heterocycles. The summed E-state index contributed by atoms with van der Waals surface area (Å²) in [6, 6.07) is 2.44. The van der Waals surface area contributed by atoms with Crippen LogP contribution in [0, 0.1) is 6.92 Å². The average molecular weight is 431 g/mol. The Balaban J connectivity index is 2.03. The molecule has 3 aromatic rings. The molecule has 1 amide bonds. The number of alkyl halides is 3. The normalized spacial score (nSPS) is 12.4. The second kappa shape index (κ2) is 7.06. The molecule has 0 radical (unpaired) electrons. The number of aryl methyl sites for hydroxylation is 2. The van der Waals surface area contributed by atoms with Gasteiger partial charge in [-0.1, -0.05) is 0 Å². The van der Waals surface area contributed by atoms with E-state index >= 15 is 0 Å². The summed E-state index contributed by atoms with van der Waals surface area (Å²) in [5.41, 5.74) is 0.369. The lowest BCUT2D eigenvalue weighted by Crippen LogP contribution is -2.31. The molecule has 2 N–H and O–H groups in total. The van der Waals surface area contributed by atoms with Gasteiger partial charge in [0.2, 0.25) is 10.0 Å². The maximum atomic E-state index is 12.9. The van der Waals surface area contributed by atoms with E-state index in [0.717, 1.165) is 12.3 Å². The van der Waals surface area contributed by atoms with Crippen molar-refractivity contribution in [2.45, 2.75) is 19.5 Å². The topological polar surface area (TPSA) is 119 Å². The van der Waals surface area contributed by atoms with Gasteiger partial charge in [-0.05, 0) is 25.5 Å². The molecule has 0 aliphatic carbocycles. The summed E-state index contributed by atoms with van der Waals surface area (Å²) < 4.78 is 66.8. The number of carbonyl (C=O) groups is 1. The monoisotopic (exact) mass is 431 g/mol. The minimum Gasteiger partial charge on any atom is -0.464 e. The molecule has 13 heteroatoms. The molecular weight excluding hydrogens is 415 g/mol. The fraction of sp³-hybridized carbons (Fsp3) is 0.312. The molecule has 9 nitrogen and oxygen atoms in total. The number of fused-ring (bicyclic) bond motifs is 1. The summed E-state index contributed by atoms with van der Waals surface area (Å²) in [6.07, 6.45) is -4.03. The molecule has 0 fully saturated rings. The summed E-state index contributed by atoms with van der Waals surface area (Å²) in [5, 5.41) is 13.1. The first-order valence-corrected chi connectivity index (χ1v) is 9.85. The van der Waals surface area contributed by atoms with Gasteiger partial charge in [0.05, 0.1) is 17.0 Å². The Bertz CT molecular complexity index is 1200. The van der Waals surface area contributed by atoms with Gasteiger partial charge in [-0.2, -0.15) is 18.3 Å². The Kier molecular flexibility index (Phi) is 5.03. The molecule has 0 atom stereocenters. The van der Waals surface area contributed by atoms with Crippen LogP contribution >= 0.6 is 0 Å². The number of pyridine rings is 1. The zero-order chi connectivity index (χ0) is 21.6. The van der Waals surface area contributed by atoms with Gasteiger partial charge in [-0.15, -0.1) is 0 Å². The molecule has 0 saturated carbocycles. The average Bonchev–Trinajstić information content (AvgIpc) is 3.10. The van der Waals surface area contributed by atoms with Gasteiger partial charge in [0.15, 0.2) is 0 Å². The fourth-order valence-electron chi connectivity index (χ4n) is 3.05. The highest BCUT2D eigenvalue weighted by Crippen LogP contribution is 2.31. The molecule has 29 heavy (non-hydrogen) atoms. The maximum absolute atomic E-state index is 12.9. The Labute approximate surface area is 162 Å². The molecule has 0 bridgehead atoms. The van der Waals surface area contributed by atoms with E-state index in [-0.39, 0.29) is 17.5 Å². The third kappa shape index (κ3) is 4.18. The number of hydrogen-bond acceptors (Lipinski definition) is 5. The third-order valence-corrected chi connectivity index (χ3v) is 5.49. The van der Waals surface area contributed by atoms with Crippen molar-refractivity contribution in [2.75, 3.05) is 5.75 Å². The molecule has 3 heterocycles.